The van der Waals surface area contributed by atoms with Crippen LogP contribution >= 0.6 is 17.1 Å². The van der Waals surface area contributed by atoms with Crippen molar-refractivity contribution in [3.8, 4) is 0 Å². The third-order valence-electron chi connectivity index (χ3n) is 2.04. The molecule has 0 heterocycles. The molecule has 0 fully saturated rings. The minimum absolute atomic E-state index is 0.511. The van der Waals surface area contributed by atoms with Crippen LogP contribution in [0.5, 0.6) is 0 Å². The third-order valence-corrected chi connectivity index (χ3v) is 6.53. The van der Waals surface area contributed by atoms with Gasteiger partial charge in [0.05, 0.1) is 6.61 Å². The molecule has 0 aliphatic rings. The fourth-order valence-corrected chi connectivity index (χ4v) is 4.83. The third kappa shape index (κ3) is 11.2. The van der Waals surface area contributed by atoms with Gasteiger partial charge in [0.15, 0.2) is 0 Å². The zero-order valence-corrected chi connectivity index (χ0v) is 12.3. The highest BCUT2D eigenvalue weighted by Gasteiger charge is 2.12. The predicted molar refractivity (Wildman–Crippen MR) is 74.0 cm³/mol. The lowest BCUT2D eigenvalue weighted by Crippen LogP contribution is -1.87. The van der Waals surface area contributed by atoms with E-state index in [0.29, 0.717) is 6.61 Å². The Morgan fingerprint density at radius 3 is 2.33 bits per heavy atom. The smallest absolute Gasteiger partial charge is 0.244 e. The van der Waals surface area contributed by atoms with Gasteiger partial charge in [-0.3, -0.25) is 0 Å². The highest BCUT2D eigenvalue weighted by molar-refractivity contribution is 8.67. The second-order valence-corrected chi connectivity index (χ2v) is 9.79. The van der Waals surface area contributed by atoms with Crippen LogP contribution in [-0.2, 0) is 16.3 Å². The molecule has 0 saturated carbocycles. The summed E-state index contributed by atoms with van der Waals surface area (Å²) in [6, 6.07) is 0. The standard InChI is InChI=1S/C10H23O2PS2/c1-3-5-6-7-8-9-10-15-13(11,14)12-4-2/h3-10H2,1-2H3,(H,11,14). The fraction of sp³-hybridized carbons (Fsp3) is 1.00. The Bertz CT molecular complexity index is 188. The van der Waals surface area contributed by atoms with E-state index in [1.807, 2.05) is 6.92 Å². The molecular weight excluding hydrogens is 247 g/mol. The lowest BCUT2D eigenvalue weighted by atomic mass is 10.1. The van der Waals surface area contributed by atoms with Gasteiger partial charge in [-0.15, -0.1) is 0 Å². The number of rotatable bonds is 10. The molecule has 0 bridgehead atoms. The predicted octanol–water partition coefficient (Wildman–Crippen LogP) is 4.33. The van der Waals surface area contributed by atoms with Gasteiger partial charge in [-0.05, 0) is 25.2 Å². The van der Waals surface area contributed by atoms with Crippen LogP contribution in [0.2, 0.25) is 0 Å². The van der Waals surface area contributed by atoms with Gasteiger partial charge in [0.2, 0.25) is 5.69 Å². The van der Waals surface area contributed by atoms with E-state index in [1.165, 1.54) is 43.5 Å². The van der Waals surface area contributed by atoms with E-state index < -0.39 is 5.69 Å². The monoisotopic (exact) mass is 270 g/mol. The number of unbranched alkanes of at least 4 members (excludes halogenated alkanes) is 5. The zero-order valence-electron chi connectivity index (χ0n) is 9.78. The fourth-order valence-electron chi connectivity index (χ4n) is 1.26. The Hall–Kier alpha value is 0.920. The van der Waals surface area contributed by atoms with Crippen molar-refractivity contribution in [2.24, 2.45) is 0 Å². The topological polar surface area (TPSA) is 29.5 Å². The first-order valence-corrected chi connectivity index (χ1v) is 10.0. The molecule has 0 aromatic carbocycles. The molecule has 0 spiro atoms. The molecule has 92 valence electrons. The molecule has 0 aromatic rings. The minimum atomic E-state index is -2.50. The molecule has 2 nitrogen and oxygen atoms in total. The van der Waals surface area contributed by atoms with Crippen LogP contribution in [0.15, 0.2) is 0 Å². The lowest BCUT2D eigenvalue weighted by Gasteiger charge is -2.13. The molecule has 1 unspecified atom stereocenters. The summed E-state index contributed by atoms with van der Waals surface area (Å²) in [6.45, 7) is 4.60. The van der Waals surface area contributed by atoms with Crippen LogP contribution in [0.25, 0.3) is 0 Å². The second kappa shape index (κ2) is 10.1. The maximum atomic E-state index is 9.62. The van der Waals surface area contributed by atoms with Crippen molar-refractivity contribution < 1.29 is 9.42 Å². The molecule has 5 heteroatoms. The SMILES string of the molecule is CCCCCCCCSP(O)(=S)OCC. The average Bonchev–Trinajstić information content (AvgIpc) is 2.16. The first-order valence-electron chi connectivity index (χ1n) is 5.74. The van der Waals surface area contributed by atoms with Gasteiger partial charge < -0.3 is 9.42 Å². The van der Waals surface area contributed by atoms with Crippen LogP contribution in [0.4, 0.5) is 0 Å². The van der Waals surface area contributed by atoms with Crippen molar-refractivity contribution in [3.63, 3.8) is 0 Å². The van der Waals surface area contributed by atoms with E-state index in [2.05, 4.69) is 6.92 Å². The Morgan fingerprint density at radius 1 is 1.13 bits per heavy atom. The summed E-state index contributed by atoms with van der Waals surface area (Å²) in [5.41, 5.74) is -2.50. The molecule has 0 radical (unpaired) electrons. The largest absolute Gasteiger partial charge is 0.337 e. The van der Waals surface area contributed by atoms with Crippen LogP contribution in [0, 0.1) is 0 Å². The van der Waals surface area contributed by atoms with E-state index in [0.717, 1.165) is 12.2 Å². The maximum absolute atomic E-state index is 9.62. The summed E-state index contributed by atoms with van der Waals surface area (Å²) in [6.07, 6.45) is 7.65. The van der Waals surface area contributed by atoms with E-state index >= 15 is 0 Å². The van der Waals surface area contributed by atoms with E-state index in [9.17, 15) is 4.89 Å². The summed E-state index contributed by atoms with van der Waals surface area (Å²) < 4.78 is 5.12. The van der Waals surface area contributed by atoms with E-state index in [4.69, 9.17) is 16.3 Å². The van der Waals surface area contributed by atoms with Crippen molar-refractivity contribution >= 4 is 28.9 Å². The average molecular weight is 270 g/mol. The van der Waals surface area contributed by atoms with Crippen LogP contribution in [0.3, 0.4) is 0 Å². The zero-order chi connectivity index (χ0) is 11.6. The maximum Gasteiger partial charge on any atom is 0.244 e. The van der Waals surface area contributed by atoms with Gasteiger partial charge in [-0.25, -0.2) is 0 Å². The van der Waals surface area contributed by atoms with E-state index in [1.54, 1.807) is 0 Å². The molecule has 1 N–H and O–H groups in total. The van der Waals surface area contributed by atoms with Crippen molar-refractivity contribution in [2.75, 3.05) is 12.4 Å². The quantitative estimate of drug-likeness (QED) is 0.472. The highest BCUT2D eigenvalue weighted by atomic mass is 32.9. The van der Waals surface area contributed by atoms with Gasteiger partial charge in [0.25, 0.3) is 0 Å². The van der Waals surface area contributed by atoms with Gasteiger partial charge >= 0.3 is 0 Å². The van der Waals surface area contributed by atoms with Gasteiger partial charge in [-0.1, -0.05) is 50.4 Å². The Kier molecular flexibility index (Phi) is 10.7. The summed E-state index contributed by atoms with van der Waals surface area (Å²) in [4.78, 5) is 9.62. The summed E-state index contributed by atoms with van der Waals surface area (Å²) in [5.74, 6) is 0.930. The molecule has 1 atom stereocenters. The molecular formula is C10H23O2PS2. The van der Waals surface area contributed by atoms with Crippen molar-refractivity contribution in [3.05, 3.63) is 0 Å². The first kappa shape index (κ1) is 15.9. The molecule has 0 aliphatic carbocycles. The van der Waals surface area contributed by atoms with Gasteiger partial charge in [0.1, 0.15) is 0 Å². The first-order chi connectivity index (χ1) is 7.12. The number of hydrogen-bond acceptors (Lipinski definition) is 3. The molecule has 0 rings (SSSR count). The van der Waals surface area contributed by atoms with Crippen molar-refractivity contribution in [1.82, 2.24) is 0 Å². The van der Waals surface area contributed by atoms with Crippen LogP contribution in [-0.4, -0.2) is 17.3 Å². The van der Waals surface area contributed by atoms with E-state index in [-0.39, 0.29) is 0 Å². The molecule has 15 heavy (non-hydrogen) atoms. The van der Waals surface area contributed by atoms with Crippen molar-refractivity contribution in [2.45, 2.75) is 52.4 Å². The second-order valence-electron chi connectivity index (χ2n) is 3.49. The molecule has 0 saturated heterocycles. The Labute approximate surface area is 103 Å². The van der Waals surface area contributed by atoms with Gasteiger partial charge in [0, 0.05) is 5.75 Å². The Balaban J connectivity index is 3.26. The number of hydrogen-bond donors (Lipinski definition) is 1. The highest BCUT2D eigenvalue weighted by Crippen LogP contribution is 2.56. The Morgan fingerprint density at radius 2 is 1.73 bits per heavy atom. The minimum Gasteiger partial charge on any atom is -0.337 e. The van der Waals surface area contributed by atoms with Crippen molar-refractivity contribution in [1.29, 1.82) is 0 Å². The lowest BCUT2D eigenvalue weighted by molar-refractivity contribution is 0.340. The van der Waals surface area contributed by atoms with Crippen LogP contribution < -0.4 is 0 Å². The van der Waals surface area contributed by atoms with Gasteiger partial charge in [-0.2, -0.15) is 0 Å². The normalized spacial score (nSPS) is 15.1. The molecule has 0 amide bonds. The summed E-state index contributed by atoms with van der Waals surface area (Å²) in [7, 11) is 0. The summed E-state index contributed by atoms with van der Waals surface area (Å²) >= 11 is 6.40. The molecule has 0 aliphatic heterocycles. The summed E-state index contributed by atoms with van der Waals surface area (Å²) in [5, 5.41) is 0. The molecule has 0 aromatic heterocycles. The van der Waals surface area contributed by atoms with Crippen LogP contribution in [0.1, 0.15) is 52.4 Å².